The van der Waals surface area contributed by atoms with Gasteiger partial charge in [0, 0.05) is 18.8 Å². The van der Waals surface area contributed by atoms with Crippen LogP contribution >= 0.6 is 7.82 Å². The molecule has 1 aliphatic carbocycles. The summed E-state index contributed by atoms with van der Waals surface area (Å²) in [5.41, 5.74) is 0. The van der Waals surface area contributed by atoms with Crippen LogP contribution in [0.15, 0.2) is 36.5 Å². The van der Waals surface area contributed by atoms with Gasteiger partial charge in [0.1, 0.15) is 6.61 Å². The maximum absolute atomic E-state index is 12.6. The topological polar surface area (TPSA) is 180 Å². The van der Waals surface area contributed by atoms with Gasteiger partial charge in [0.05, 0.1) is 31.3 Å². The molecule has 0 saturated heterocycles. The Morgan fingerprint density at radius 1 is 0.684 bits per heavy atom. The molecule has 6 atom stereocenters. The number of unbranched alkanes of at least 4 members (excludes halogenated alkanes) is 19. The largest absolute Gasteiger partial charge is 0.469 e. The van der Waals surface area contributed by atoms with Gasteiger partial charge in [0.25, 0.3) is 0 Å². The highest BCUT2D eigenvalue weighted by Crippen LogP contribution is 2.37. The molecule has 0 unspecified atom stereocenters. The number of hydrogen-bond donors (Lipinski definition) is 5. The van der Waals surface area contributed by atoms with Crippen LogP contribution in [0.5, 0.6) is 0 Å². The molecular formula is C45H81O11P. The lowest BCUT2D eigenvalue weighted by molar-refractivity contribution is -0.160. The predicted octanol–water partition coefficient (Wildman–Crippen LogP) is 10.1. The van der Waals surface area contributed by atoms with Gasteiger partial charge in [0.2, 0.25) is 0 Å². The molecule has 1 fully saturated rings. The molecule has 1 saturated carbocycles. The average molecular weight is 829 g/mol. The van der Waals surface area contributed by atoms with Crippen molar-refractivity contribution < 1.29 is 53.3 Å². The van der Waals surface area contributed by atoms with Crippen LogP contribution in [0.3, 0.4) is 0 Å². The number of hydrogen-bond acceptors (Lipinski definition) is 9. The Kier molecular flexibility index (Phi) is 32.6. The SMILES string of the molecule is CCCCCCCC/C=C\CCCCCCCCCCCCCC(=O)OC[C@H](COP(=O)(O)O)OC(=O)C/C=C\C[C@H]1[C@@H](/C=C/[C@H](O)CCCCC)[C@H](O)C[C@@H]1O. The van der Waals surface area contributed by atoms with E-state index in [1.54, 1.807) is 24.3 Å². The summed E-state index contributed by atoms with van der Waals surface area (Å²) in [6.07, 6.45) is 35.7. The number of phosphoric ester groups is 1. The maximum atomic E-state index is 12.6. The summed E-state index contributed by atoms with van der Waals surface area (Å²) in [6, 6.07) is 0. The normalized spacial score (nSPS) is 19.9. The summed E-state index contributed by atoms with van der Waals surface area (Å²) >= 11 is 0. The van der Waals surface area contributed by atoms with Crippen molar-refractivity contribution in [1.82, 2.24) is 0 Å². The fraction of sp³-hybridized carbons (Fsp3) is 0.822. The lowest BCUT2D eigenvalue weighted by Crippen LogP contribution is -2.29. The quantitative estimate of drug-likeness (QED) is 0.0174. The first-order valence-corrected chi connectivity index (χ1v) is 24.1. The first kappa shape index (κ1) is 53.2. The molecule has 0 aromatic rings. The molecule has 0 amide bonds. The Morgan fingerprint density at radius 3 is 1.81 bits per heavy atom. The Balaban J connectivity index is 2.24. The van der Waals surface area contributed by atoms with Gasteiger partial charge in [-0.15, -0.1) is 0 Å². The minimum Gasteiger partial charge on any atom is -0.462 e. The molecule has 0 radical (unpaired) electrons. The van der Waals surface area contributed by atoms with Crippen LogP contribution in [0.1, 0.15) is 187 Å². The lowest BCUT2D eigenvalue weighted by Gasteiger charge is -2.20. The number of carbonyl (C=O) groups excluding carboxylic acids is 2. The van der Waals surface area contributed by atoms with Gasteiger partial charge in [-0.2, -0.15) is 0 Å². The van der Waals surface area contributed by atoms with Crippen LogP contribution in [0.2, 0.25) is 0 Å². The third-order valence-corrected chi connectivity index (χ3v) is 11.2. The molecule has 0 bridgehead atoms. The van der Waals surface area contributed by atoms with Gasteiger partial charge >= 0.3 is 19.8 Å². The summed E-state index contributed by atoms with van der Waals surface area (Å²) in [5, 5.41) is 31.2. The molecule has 0 aromatic carbocycles. The highest BCUT2D eigenvalue weighted by molar-refractivity contribution is 7.46. The van der Waals surface area contributed by atoms with E-state index in [1.165, 1.54) is 96.3 Å². The van der Waals surface area contributed by atoms with Gasteiger partial charge < -0.3 is 34.6 Å². The van der Waals surface area contributed by atoms with Crippen molar-refractivity contribution in [1.29, 1.82) is 0 Å². The Morgan fingerprint density at radius 2 is 1.23 bits per heavy atom. The molecule has 5 N–H and O–H groups in total. The molecule has 12 heteroatoms. The summed E-state index contributed by atoms with van der Waals surface area (Å²) < 4.78 is 26.4. The molecule has 11 nitrogen and oxygen atoms in total. The van der Waals surface area contributed by atoms with E-state index >= 15 is 0 Å². The number of allylic oxidation sites excluding steroid dienone is 3. The number of ether oxygens (including phenoxy) is 2. The first-order valence-electron chi connectivity index (χ1n) is 22.5. The van der Waals surface area contributed by atoms with Gasteiger partial charge in [-0.25, -0.2) is 4.57 Å². The van der Waals surface area contributed by atoms with E-state index in [2.05, 4.69) is 30.5 Å². The van der Waals surface area contributed by atoms with E-state index in [4.69, 9.17) is 19.3 Å². The highest BCUT2D eigenvalue weighted by atomic mass is 31.2. The average Bonchev–Trinajstić information content (AvgIpc) is 3.44. The van der Waals surface area contributed by atoms with E-state index < -0.39 is 57.4 Å². The van der Waals surface area contributed by atoms with Crippen molar-refractivity contribution in [2.45, 2.75) is 212 Å². The summed E-state index contributed by atoms with van der Waals surface area (Å²) in [4.78, 5) is 43.2. The lowest BCUT2D eigenvalue weighted by atomic mass is 9.89. The van der Waals surface area contributed by atoms with Crippen molar-refractivity contribution in [3.8, 4) is 0 Å². The number of esters is 2. The van der Waals surface area contributed by atoms with Gasteiger partial charge in [-0.1, -0.05) is 159 Å². The fourth-order valence-electron chi connectivity index (χ4n) is 7.28. The van der Waals surface area contributed by atoms with Crippen molar-refractivity contribution in [3.63, 3.8) is 0 Å². The standard InChI is InChI=1S/C45H81O11P/c1-3-5-7-8-9-10-11-12-13-14-15-16-17-18-19-20-21-22-23-24-26-31-44(49)54-36-39(37-55-57(51,52)53)56-45(50)32-28-27-30-40-41(43(48)35-42(40)47)34-33-38(46)29-25-6-4-2/h12-13,27-28,33-34,38-43,46-48H,3-11,14-26,29-32,35-37H2,1-2H3,(H2,51,52,53)/b13-12-,28-27-,34-33+/t38-,39-,40+,41-,42+,43-/m1/s1. The van der Waals surface area contributed by atoms with E-state index in [-0.39, 0.29) is 31.1 Å². The van der Waals surface area contributed by atoms with Crippen LogP contribution in [0, 0.1) is 11.8 Å². The predicted molar refractivity (Wildman–Crippen MR) is 227 cm³/mol. The zero-order valence-corrected chi connectivity index (χ0v) is 36.5. The van der Waals surface area contributed by atoms with Crippen molar-refractivity contribution in [2.24, 2.45) is 11.8 Å². The molecule has 1 rings (SSSR count). The first-order chi connectivity index (χ1) is 27.5. The summed E-state index contributed by atoms with van der Waals surface area (Å²) in [5.74, 6) is -1.82. The highest BCUT2D eigenvalue weighted by Gasteiger charge is 2.39. The molecule has 0 aromatic heterocycles. The number of aliphatic hydroxyl groups excluding tert-OH is 3. The zero-order chi connectivity index (χ0) is 42.0. The molecule has 0 aliphatic heterocycles. The molecule has 1 aliphatic rings. The third-order valence-electron chi connectivity index (χ3n) is 10.7. The van der Waals surface area contributed by atoms with Crippen molar-refractivity contribution in [3.05, 3.63) is 36.5 Å². The van der Waals surface area contributed by atoms with Gasteiger partial charge in [-0.05, 0) is 50.9 Å². The molecule has 0 heterocycles. The van der Waals surface area contributed by atoms with E-state index in [9.17, 15) is 29.5 Å². The van der Waals surface area contributed by atoms with Crippen LogP contribution in [0.4, 0.5) is 0 Å². The van der Waals surface area contributed by atoms with E-state index in [0.717, 1.165) is 38.5 Å². The summed E-state index contributed by atoms with van der Waals surface area (Å²) in [6.45, 7) is 3.31. The minimum absolute atomic E-state index is 0.167. The number of rotatable bonds is 37. The van der Waals surface area contributed by atoms with Crippen molar-refractivity contribution >= 4 is 19.8 Å². The maximum Gasteiger partial charge on any atom is 0.469 e. The van der Waals surface area contributed by atoms with Crippen LogP contribution in [-0.2, 0) is 28.2 Å². The van der Waals surface area contributed by atoms with Crippen LogP contribution in [0.25, 0.3) is 0 Å². The van der Waals surface area contributed by atoms with Crippen LogP contribution < -0.4 is 0 Å². The second-order valence-corrected chi connectivity index (χ2v) is 17.2. The monoisotopic (exact) mass is 829 g/mol. The van der Waals surface area contributed by atoms with Crippen LogP contribution in [-0.4, -0.2) is 74.7 Å². The molecule has 57 heavy (non-hydrogen) atoms. The smallest absolute Gasteiger partial charge is 0.462 e. The van der Waals surface area contributed by atoms with E-state index in [0.29, 0.717) is 19.3 Å². The Labute approximate surface area is 345 Å². The molecule has 0 spiro atoms. The summed E-state index contributed by atoms with van der Waals surface area (Å²) in [7, 11) is -4.85. The second kappa shape index (κ2) is 35.0. The van der Waals surface area contributed by atoms with Crippen molar-refractivity contribution in [2.75, 3.05) is 13.2 Å². The zero-order valence-electron chi connectivity index (χ0n) is 35.6. The van der Waals surface area contributed by atoms with Gasteiger partial charge in [-0.3, -0.25) is 14.1 Å². The Bertz CT molecular complexity index is 1140. The fourth-order valence-corrected chi connectivity index (χ4v) is 7.65. The number of carbonyl (C=O) groups is 2. The number of phosphoric acid groups is 1. The number of aliphatic hydroxyl groups is 3. The second-order valence-electron chi connectivity index (χ2n) is 16.0. The minimum atomic E-state index is -4.85. The Hall–Kier alpha value is -1.85. The molecular weight excluding hydrogens is 747 g/mol. The van der Waals surface area contributed by atoms with E-state index in [1.807, 2.05) is 0 Å². The van der Waals surface area contributed by atoms with Gasteiger partial charge in [0.15, 0.2) is 6.10 Å². The molecule has 332 valence electrons. The third kappa shape index (κ3) is 30.8.